The van der Waals surface area contributed by atoms with Gasteiger partial charge >= 0.3 is 0 Å². The Morgan fingerprint density at radius 1 is 1.28 bits per heavy atom. The van der Waals surface area contributed by atoms with E-state index in [0.29, 0.717) is 18.0 Å². The Morgan fingerprint density at radius 2 is 2.00 bits per heavy atom. The van der Waals surface area contributed by atoms with Crippen molar-refractivity contribution in [2.75, 3.05) is 14.1 Å². The van der Waals surface area contributed by atoms with Gasteiger partial charge < -0.3 is 10.2 Å². The normalized spacial score (nSPS) is 16.2. The van der Waals surface area contributed by atoms with Crippen molar-refractivity contribution in [3.63, 3.8) is 0 Å². The van der Waals surface area contributed by atoms with Crippen LogP contribution in [0, 0.1) is 5.92 Å². The summed E-state index contributed by atoms with van der Waals surface area (Å²) in [5, 5.41) is 2.61. The molecular formula is C20H24N2O2S. The Balaban J connectivity index is 1.67. The van der Waals surface area contributed by atoms with Crippen LogP contribution in [0.1, 0.15) is 49.4 Å². The van der Waals surface area contributed by atoms with Crippen LogP contribution in [0.25, 0.3) is 0 Å². The summed E-state index contributed by atoms with van der Waals surface area (Å²) in [5.41, 5.74) is 2.99. The summed E-state index contributed by atoms with van der Waals surface area (Å²) in [5.74, 6) is 0.679. The molecule has 1 aliphatic carbocycles. The van der Waals surface area contributed by atoms with E-state index in [1.165, 1.54) is 16.9 Å². The molecule has 1 aromatic heterocycles. The minimum Gasteiger partial charge on any atom is -0.355 e. The molecule has 0 bridgehead atoms. The van der Waals surface area contributed by atoms with Gasteiger partial charge in [0.2, 0.25) is 0 Å². The molecule has 132 valence electrons. The smallest absolute Gasteiger partial charge is 0.263 e. The van der Waals surface area contributed by atoms with Gasteiger partial charge in [0.05, 0.1) is 4.88 Å². The number of fused-ring (bicyclic) bond motifs is 1. The van der Waals surface area contributed by atoms with Crippen LogP contribution >= 0.6 is 11.3 Å². The number of hydrogen-bond donors (Lipinski definition) is 1. The zero-order valence-corrected chi connectivity index (χ0v) is 15.8. The van der Waals surface area contributed by atoms with Crippen molar-refractivity contribution in [3.8, 4) is 0 Å². The molecule has 0 saturated heterocycles. The van der Waals surface area contributed by atoms with Gasteiger partial charge in [0, 0.05) is 31.1 Å². The number of aryl methyl sites for hydroxylation is 1. The summed E-state index contributed by atoms with van der Waals surface area (Å²) in [7, 11) is 3.44. The molecule has 5 heteroatoms. The standard InChI is InChI=1S/C20H24N2O2S/c1-13-4-9-17-16(10-13)11-18(25-17)20(24)22(3)12-14-5-7-15(8-6-14)19(23)21-2/h5-8,11,13H,4,9-10,12H2,1-3H3,(H,21,23)/t13-/m1/s1. The fraction of sp³-hybridized carbons (Fsp3) is 0.400. The van der Waals surface area contributed by atoms with Crippen LogP contribution in [0.4, 0.5) is 0 Å². The van der Waals surface area contributed by atoms with Gasteiger partial charge in [-0.3, -0.25) is 9.59 Å². The van der Waals surface area contributed by atoms with Crippen molar-refractivity contribution in [1.82, 2.24) is 10.2 Å². The Labute approximate surface area is 152 Å². The molecule has 2 amide bonds. The number of nitrogens with zero attached hydrogens (tertiary/aromatic N) is 1. The lowest BCUT2D eigenvalue weighted by Gasteiger charge is -2.16. The summed E-state index contributed by atoms with van der Waals surface area (Å²) in [6, 6.07) is 9.46. The largest absolute Gasteiger partial charge is 0.355 e. The molecular weight excluding hydrogens is 332 g/mol. The molecule has 25 heavy (non-hydrogen) atoms. The average molecular weight is 356 g/mol. The fourth-order valence-corrected chi connectivity index (χ4v) is 4.45. The molecule has 1 N–H and O–H groups in total. The van der Waals surface area contributed by atoms with Crippen LogP contribution in [-0.4, -0.2) is 30.8 Å². The second kappa shape index (κ2) is 7.40. The highest BCUT2D eigenvalue weighted by Crippen LogP contribution is 2.32. The van der Waals surface area contributed by atoms with E-state index < -0.39 is 0 Å². The van der Waals surface area contributed by atoms with Crippen molar-refractivity contribution in [2.45, 2.75) is 32.7 Å². The number of carbonyl (C=O) groups is 2. The highest BCUT2D eigenvalue weighted by Gasteiger charge is 2.22. The Hall–Kier alpha value is -2.14. The van der Waals surface area contributed by atoms with Gasteiger partial charge in [-0.1, -0.05) is 19.1 Å². The molecule has 0 radical (unpaired) electrons. The topological polar surface area (TPSA) is 49.4 Å². The van der Waals surface area contributed by atoms with Crippen LogP contribution in [0.3, 0.4) is 0 Å². The Bertz CT molecular complexity index is 779. The van der Waals surface area contributed by atoms with Crippen molar-refractivity contribution in [2.24, 2.45) is 5.92 Å². The first-order valence-corrected chi connectivity index (χ1v) is 9.47. The molecule has 4 nitrogen and oxygen atoms in total. The molecule has 0 aliphatic heterocycles. The molecule has 1 aromatic carbocycles. The summed E-state index contributed by atoms with van der Waals surface area (Å²) in [6.45, 7) is 2.81. The van der Waals surface area contributed by atoms with E-state index in [-0.39, 0.29) is 11.8 Å². The maximum Gasteiger partial charge on any atom is 0.263 e. The number of benzene rings is 1. The zero-order valence-electron chi connectivity index (χ0n) is 15.0. The Morgan fingerprint density at radius 3 is 2.68 bits per heavy atom. The number of nitrogens with one attached hydrogen (secondary N) is 1. The molecule has 0 saturated carbocycles. The summed E-state index contributed by atoms with van der Waals surface area (Å²) in [6.07, 6.45) is 3.40. The van der Waals surface area contributed by atoms with Gasteiger partial charge in [-0.15, -0.1) is 11.3 Å². The van der Waals surface area contributed by atoms with Gasteiger partial charge in [0.25, 0.3) is 11.8 Å². The lowest BCUT2D eigenvalue weighted by molar-refractivity contribution is 0.0789. The predicted molar refractivity (Wildman–Crippen MR) is 101 cm³/mol. The van der Waals surface area contributed by atoms with E-state index in [9.17, 15) is 9.59 Å². The summed E-state index contributed by atoms with van der Waals surface area (Å²) >= 11 is 1.65. The monoisotopic (exact) mass is 356 g/mol. The SMILES string of the molecule is CNC(=O)c1ccc(CN(C)C(=O)c2cc3c(s2)CC[C@@H](C)C3)cc1. The van der Waals surface area contributed by atoms with E-state index >= 15 is 0 Å². The highest BCUT2D eigenvalue weighted by atomic mass is 32.1. The number of carbonyl (C=O) groups excluding carboxylic acids is 2. The second-order valence-corrected chi connectivity index (χ2v) is 7.98. The van der Waals surface area contributed by atoms with Crippen LogP contribution in [0.5, 0.6) is 0 Å². The molecule has 1 heterocycles. The van der Waals surface area contributed by atoms with Crippen molar-refractivity contribution in [3.05, 3.63) is 56.8 Å². The van der Waals surface area contributed by atoms with Crippen LogP contribution < -0.4 is 5.32 Å². The number of amides is 2. The van der Waals surface area contributed by atoms with Crippen LogP contribution in [-0.2, 0) is 19.4 Å². The van der Waals surface area contributed by atoms with Crippen LogP contribution in [0.15, 0.2) is 30.3 Å². The Kier molecular flexibility index (Phi) is 5.23. The van der Waals surface area contributed by atoms with E-state index in [2.05, 4.69) is 18.3 Å². The van der Waals surface area contributed by atoms with Crippen LogP contribution in [0.2, 0.25) is 0 Å². The maximum absolute atomic E-state index is 12.7. The highest BCUT2D eigenvalue weighted by molar-refractivity contribution is 7.14. The van der Waals surface area contributed by atoms with Crippen molar-refractivity contribution in [1.29, 1.82) is 0 Å². The predicted octanol–water partition coefficient (Wildman–Crippen LogP) is 3.50. The van der Waals surface area contributed by atoms with Gasteiger partial charge in [-0.25, -0.2) is 0 Å². The molecule has 3 rings (SSSR count). The first kappa shape index (κ1) is 17.7. The lowest BCUT2D eigenvalue weighted by Crippen LogP contribution is -2.25. The first-order chi connectivity index (χ1) is 12.0. The summed E-state index contributed by atoms with van der Waals surface area (Å²) in [4.78, 5) is 28.3. The average Bonchev–Trinajstić information content (AvgIpc) is 3.04. The van der Waals surface area contributed by atoms with Gasteiger partial charge in [-0.2, -0.15) is 0 Å². The third-order valence-corrected chi connectivity index (χ3v) is 5.97. The number of rotatable bonds is 4. The minimum absolute atomic E-state index is 0.0717. The van der Waals surface area contributed by atoms with E-state index in [4.69, 9.17) is 0 Å². The van der Waals surface area contributed by atoms with Crippen molar-refractivity contribution >= 4 is 23.2 Å². The van der Waals surface area contributed by atoms with Gasteiger partial charge in [0.1, 0.15) is 0 Å². The molecule has 0 unspecified atom stereocenters. The third-order valence-electron chi connectivity index (χ3n) is 4.75. The van der Waals surface area contributed by atoms with Gasteiger partial charge in [0.15, 0.2) is 0 Å². The third kappa shape index (κ3) is 3.93. The molecule has 0 fully saturated rings. The maximum atomic E-state index is 12.7. The number of thiophene rings is 1. The molecule has 1 aliphatic rings. The quantitative estimate of drug-likeness (QED) is 0.911. The molecule has 2 aromatic rings. The second-order valence-electron chi connectivity index (χ2n) is 6.84. The number of hydrogen-bond acceptors (Lipinski definition) is 3. The van der Waals surface area contributed by atoms with E-state index in [1.54, 1.807) is 35.4 Å². The van der Waals surface area contributed by atoms with E-state index in [1.807, 2.05) is 19.2 Å². The van der Waals surface area contributed by atoms with Gasteiger partial charge in [-0.05, 0) is 54.5 Å². The van der Waals surface area contributed by atoms with Crippen molar-refractivity contribution < 1.29 is 9.59 Å². The lowest BCUT2D eigenvalue weighted by atomic mass is 9.90. The fourth-order valence-electron chi connectivity index (χ4n) is 3.25. The summed E-state index contributed by atoms with van der Waals surface area (Å²) < 4.78 is 0. The minimum atomic E-state index is -0.102. The molecule has 1 atom stereocenters. The van der Waals surface area contributed by atoms with E-state index in [0.717, 1.165) is 23.3 Å². The first-order valence-electron chi connectivity index (χ1n) is 8.66. The molecule has 0 spiro atoms. The zero-order chi connectivity index (χ0) is 18.0.